The molecule has 0 bridgehead atoms. The van der Waals surface area contributed by atoms with Crippen molar-refractivity contribution in [3.05, 3.63) is 41.3 Å². The molecular formula is C17H20F3N3O2. The van der Waals surface area contributed by atoms with Crippen molar-refractivity contribution in [2.75, 3.05) is 6.61 Å². The highest BCUT2D eigenvalue weighted by Crippen LogP contribution is 2.30. The largest absolute Gasteiger partial charge is 0.466 e. The van der Waals surface area contributed by atoms with E-state index in [0.29, 0.717) is 13.0 Å². The average Bonchev–Trinajstić information content (AvgIpc) is 2.97. The number of carbonyl (C=O) groups excluding carboxylic acids is 1. The molecule has 2 rings (SSSR count). The van der Waals surface area contributed by atoms with Gasteiger partial charge in [0.15, 0.2) is 5.82 Å². The van der Waals surface area contributed by atoms with E-state index >= 15 is 0 Å². The predicted octanol–water partition coefficient (Wildman–Crippen LogP) is 3.91. The van der Waals surface area contributed by atoms with Gasteiger partial charge < -0.3 is 4.74 Å². The maximum atomic E-state index is 12.9. The normalized spacial score (nSPS) is 11.8. The van der Waals surface area contributed by atoms with E-state index in [1.54, 1.807) is 13.1 Å². The summed E-state index contributed by atoms with van der Waals surface area (Å²) in [6, 6.07) is 1.87. The van der Waals surface area contributed by atoms with Crippen molar-refractivity contribution in [2.24, 2.45) is 0 Å². The zero-order chi connectivity index (χ0) is 18.6. The van der Waals surface area contributed by atoms with Crippen LogP contribution in [-0.2, 0) is 22.1 Å². The molecule has 5 nitrogen and oxygen atoms in total. The van der Waals surface area contributed by atoms with Crippen LogP contribution in [0.15, 0.2) is 24.5 Å². The van der Waals surface area contributed by atoms with Crippen LogP contribution in [0.25, 0.3) is 5.82 Å². The molecule has 0 aromatic carbocycles. The van der Waals surface area contributed by atoms with Crippen LogP contribution in [0.4, 0.5) is 13.2 Å². The first-order valence-corrected chi connectivity index (χ1v) is 8.00. The third-order valence-electron chi connectivity index (χ3n) is 3.58. The molecule has 0 unspecified atom stereocenters. The van der Waals surface area contributed by atoms with E-state index in [1.165, 1.54) is 4.68 Å². The Morgan fingerprint density at radius 3 is 2.68 bits per heavy atom. The Kier molecular flexibility index (Phi) is 5.81. The fourth-order valence-corrected chi connectivity index (χ4v) is 2.41. The van der Waals surface area contributed by atoms with Crippen molar-refractivity contribution in [3.8, 4) is 5.82 Å². The highest BCUT2D eigenvalue weighted by Gasteiger charge is 2.31. The number of nitrogens with zero attached hydrogens (tertiary/aromatic N) is 3. The molecule has 0 aliphatic rings. The number of hydrogen-bond acceptors (Lipinski definition) is 4. The maximum absolute atomic E-state index is 12.9. The zero-order valence-corrected chi connectivity index (χ0v) is 14.3. The number of rotatable bonds is 6. The molecule has 0 spiro atoms. The number of halogens is 3. The first-order valence-electron chi connectivity index (χ1n) is 8.00. The van der Waals surface area contributed by atoms with Gasteiger partial charge >= 0.3 is 12.1 Å². The van der Waals surface area contributed by atoms with E-state index in [9.17, 15) is 18.0 Å². The van der Waals surface area contributed by atoms with Crippen molar-refractivity contribution in [2.45, 2.75) is 45.7 Å². The standard InChI is InChI=1S/C17H20F3N3O2/c1-4-25-15(24)6-5-12-10-23(22-16(12)11(2)3)14-9-13(7-8-21-14)17(18,19)20/h7-11H,4-6H2,1-3H3. The van der Waals surface area contributed by atoms with E-state index in [0.717, 1.165) is 29.6 Å². The Bertz CT molecular complexity index is 739. The van der Waals surface area contributed by atoms with Crippen molar-refractivity contribution in [1.82, 2.24) is 14.8 Å². The quantitative estimate of drug-likeness (QED) is 0.738. The second-order valence-electron chi connectivity index (χ2n) is 5.84. The Balaban J connectivity index is 2.31. The molecule has 0 aliphatic heterocycles. The highest BCUT2D eigenvalue weighted by molar-refractivity contribution is 5.69. The lowest BCUT2D eigenvalue weighted by atomic mass is 10.0. The smallest absolute Gasteiger partial charge is 0.416 e. The zero-order valence-electron chi connectivity index (χ0n) is 14.3. The molecule has 0 radical (unpaired) electrons. The molecule has 0 fully saturated rings. The van der Waals surface area contributed by atoms with E-state index in [-0.39, 0.29) is 24.1 Å². The van der Waals surface area contributed by atoms with Crippen LogP contribution in [0.5, 0.6) is 0 Å². The monoisotopic (exact) mass is 355 g/mol. The molecule has 2 aromatic heterocycles. The van der Waals surface area contributed by atoms with Gasteiger partial charge in [-0.25, -0.2) is 9.67 Å². The summed E-state index contributed by atoms with van der Waals surface area (Å²) in [5.41, 5.74) is 0.734. The van der Waals surface area contributed by atoms with Crippen LogP contribution >= 0.6 is 0 Å². The molecule has 2 heterocycles. The van der Waals surface area contributed by atoms with Crippen molar-refractivity contribution in [3.63, 3.8) is 0 Å². The summed E-state index contributed by atoms with van der Waals surface area (Å²) in [5.74, 6) is -0.175. The van der Waals surface area contributed by atoms with Gasteiger partial charge in [0, 0.05) is 18.8 Å². The Labute approximate surface area is 143 Å². The fourth-order valence-electron chi connectivity index (χ4n) is 2.41. The first-order chi connectivity index (χ1) is 11.7. The topological polar surface area (TPSA) is 57.0 Å². The molecule has 0 saturated carbocycles. The third kappa shape index (κ3) is 4.80. The average molecular weight is 355 g/mol. The number of esters is 1. The first kappa shape index (κ1) is 19.0. The molecule has 0 aliphatic carbocycles. The van der Waals surface area contributed by atoms with Gasteiger partial charge in [-0.3, -0.25) is 4.79 Å². The number of ether oxygens (including phenoxy) is 1. The van der Waals surface area contributed by atoms with Crippen molar-refractivity contribution < 1.29 is 22.7 Å². The van der Waals surface area contributed by atoms with Gasteiger partial charge in [-0.05, 0) is 37.0 Å². The number of carbonyl (C=O) groups is 1. The van der Waals surface area contributed by atoms with Crippen molar-refractivity contribution >= 4 is 5.97 Å². The molecule has 0 amide bonds. The van der Waals surface area contributed by atoms with Crippen LogP contribution in [0.1, 0.15) is 49.9 Å². The van der Waals surface area contributed by atoms with Gasteiger partial charge in [-0.2, -0.15) is 18.3 Å². The van der Waals surface area contributed by atoms with Crippen LogP contribution < -0.4 is 0 Å². The maximum Gasteiger partial charge on any atom is 0.416 e. The highest BCUT2D eigenvalue weighted by atomic mass is 19.4. The number of hydrogen-bond donors (Lipinski definition) is 0. The molecule has 2 aromatic rings. The Morgan fingerprint density at radius 2 is 2.08 bits per heavy atom. The van der Waals surface area contributed by atoms with Crippen LogP contribution in [0.3, 0.4) is 0 Å². The molecule has 8 heteroatoms. The van der Waals surface area contributed by atoms with Crippen LogP contribution in [-0.4, -0.2) is 27.3 Å². The molecule has 0 N–H and O–H groups in total. The molecule has 0 saturated heterocycles. The van der Waals surface area contributed by atoms with Gasteiger partial charge in [0.1, 0.15) is 0 Å². The minimum atomic E-state index is -4.45. The summed E-state index contributed by atoms with van der Waals surface area (Å²) in [6.45, 7) is 5.90. The third-order valence-corrected chi connectivity index (χ3v) is 3.58. The summed E-state index contributed by atoms with van der Waals surface area (Å²) in [5, 5.41) is 4.36. The summed E-state index contributed by atoms with van der Waals surface area (Å²) in [6.07, 6.45) is -1.12. The minimum absolute atomic E-state index is 0.0595. The van der Waals surface area contributed by atoms with E-state index in [4.69, 9.17) is 4.74 Å². The summed E-state index contributed by atoms with van der Waals surface area (Å²) in [7, 11) is 0. The van der Waals surface area contributed by atoms with E-state index in [2.05, 4.69) is 10.1 Å². The second kappa shape index (κ2) is 7.67. The molecular weight excluding hydrogens is 335 g/mol. The van der Waals surface area contributed by atoms with E-state index in [1.807, 2.05) is 13.8 Å². The predicted molar refractivity (Wildman–Crippen MR) is 85.4 cm³/mol. The lowest BCUT2D eigenvalue weighted by Gasteiger charge is -2.07. The van der Waals surface area contributed by atoms with Crippen LogP contribution in [0.2, 0.25) is 0 Å². The number of pyridine rings is 1. The second-order valence-corrected chi connectivity index (χ2v) is 5.84. The Hall–Kier alpha value is -2.38. The summed E-state index contributed by atoms with van der Waals surface area (Å²) < 4.78 is 44.8. The van der Waals surface area contributed by atoms with E-state index < -0.39 is 11.7 Å². The number of alkyl halides is 3. The SMILES string of the molecule is CCOC(=O)CCc1cn(-c2cc(C(F)(F)F)ccn2)nc1C(C)C. The van der Waals surface area contributed by atoms with Gasteiger partial charge in [0.05, 0.1) is 17.9 Å². The molecule has 0 atom stereocenters. The lowest BCUT2D eigenvalue weighted by Crippen LogP contribution is -2.07. The lowest BCUT2D eigenvalue weighted by molar-refractivity contribution is -0.143. The Morgan fingerprint density at radius 1 is 1.36 bits per heavy atom. The minimum Gasteiger partial charge on any atom is -0.466 e. The van der Waals surface area contributed by atoms with Gasteiger partial charge in [-0.1, -0.05) is 13.8 Å². The number of aromatic nitrogens is 3. The van der Waals surface area contributed by atoms with Gasteiger partial charge in [0.25, 0.3) is 0 Å². The fraction of sp³-hybridized carbons (Fsp3) is 0.471. The number of aryl methyl sites for hydroxylation is 1. The molecule has 136 valence electrons. The van der Waals surface area contributed by atoms with Crippen LogP contribution in [0, 0.1) is 0 Å². The molecule has 25 heavy (non-hydrogen) atoms. The summed E-state index contributed by atoms with van der Waals surface area (Å²) >= 11 is 0. The summed E-state index contributed by atoms with van der Waals surface area (Å²) in [4.78, 5) is 15.5. The van der Waals surface area contributed by atoms with Crippen molar-refractivity contribution in [1.29, 1.82) is 0 Å². The van der Waals surface area contributed by atoms with Gasteiger partial charge in [0.2, 0.25) is 0 Å². The van der Waals surface area contributed by atoms with Gasteiger partial charge in [-0.15, -0.1) is 0 Å².